The summed E-state index contributed by atoms with van der Waals surface area (Å²) in [4.78, 5) is 6.86. The van der Waals surface area contributed by atoms with Gasteiger partial charge in [-0.05, 0) is 42.5 Å². The lowest BCUT2D eigenvalue weighted by Gasteiger charge is -2.24. The average Bonchev–Trinajstić information content (AvgIpc) is 3.31. The normalized spacial score (nSPS) is 14.1. The summed E-state index contributed by atoms with van der Waals surface area (Å²) >= 11 is 0. The van der Waals surface area contributed by atoms with Crippen molar-refractivity contribution in [1.29, 1.82) is 5.41 Å². The fraction of sp³-hybridized carbons (Fsp3) is 0.375. The van der Waals surface area contributed by atoms with Crippen LogP contribution in [0.25, 0.3) is 10.8 Å². The Morgan fingerprint density at radius 3 is 2.90 bits per heavy atom. The van der Waals surface area contributed by atoms with Crippen LogP contribution in [0.2, 0.25) is 0 Å². The second kappa shape index (κ2) is 5.60. The molecule has 0 radical (unpaired) electrons. The Balaban J connectivity index is 1.98. The number of fused-ring (bicyclic) bond motifs is 1. The quantitative estimate of drug-likeness (QED) is 0.631. The lowest BCUT2D eigenvalue weighted by Crippen LogP contribution is -2.30. The maximum Gasteiger partial charge on any atom is 0.136 e. The lowest BCUT2D eigenvalue weighted by atomic mass is 10.1. The maximum atomic E-state index is 7.44. The van der Waals surface area contributed by atoms with Crippen LogP contribution >= 0.6 is 0 Å². The van der Waals surface area contributed by atoms with Crippen molar-refractivity contribution in [3.8, 4) is 5.75 Å². The zero-order chi connectivity index (χ0) is 14.8. The summed E-state index contributed by atoms with van der Waals surface area (Å²) in [6.45, 7) is 0.748. The predicted octanol–water partition coefficient (Wildman–Crippen LogP) is 2.54. The van der Waals surface area contributed by atoms with E-state index >= 15 is 0 Å². The standard InChI is InChI=1S/C16H20N4O/c1-21-13-4-5-14-11(10-13)6-8-19-16(14)20(12-2-3-12)9-7-15(17)18/h4-6,8,10,12H,2-3,7,9H2,1H3,(H3,17,18). The minimum atomic E-state index is 0.225. The fourth-order valence-corrected chi connectivity index (χ4v) is 2.58. The van der Waals surface area contributed by atoms with Crippen LogP contribution in [0.5, 0.6) is 5.75 Å². The van der Waals surface area contributed by atoms with Gasteiger partial charge in [-0.15, -0.1) is 0 Å². The molecule has 110 valence electrons. The first-order valence-corrected chi connectivity index (χ1v) is 7.21. The summed E-state index contributed by atoms with van der Waals surface area (Å²) in [6, 6.07) is 8.57. The molecule has 5 heteroatoms. The molecule has 1 saturated carbocycles. The SMILES string of the molecule is COc1ccc2c(N(CCC(=N)N)C3CC3)nccc2c1. The van der Waals surface area contributed by atoms with Gasteiger partial charge in [0.15, 0.2) is 0 Å². The highest BCUT2D eigenvalue weighted by molar-refractivity contribution is 5.93. The van der Waals surface area contributed by atoms with Gasteiger partial charge in [0.1, 0.15) is 11.6 Å². The van der Waals surface area contributed by atoms with Crippen LogP contribution in [0, 0.1) is 5.41 Å². The number of aromatic nitrogens is 1. The van der Waals surface area contributed by atoms with Crippen LogP contribution in [-0.2, 0) is 0 Å². The van der Waals surface area contributed by atoms with Gasteiger partial charge in [-0.1, -0.05) is 0 Å². The van der Waals surface area contributed by atoms with Crippen LogP contribution in [0.15, 0.2) is 30.5 Å². The van der Waals surface area contributed by atoms with Crippen molar-refractivity contribution in [2.24, 2.45) is 5.73 Å². The molecule has 0 aliphatic heterocycles. The summed E-state index contributed by atoms with van der Waals surface area (Å²) in [7, 11) is 1.67. The van der Waals surface area contributed by atoms with E-state index in [0.717, 1.165) is 28.9 Å². The Labute approximate surface area is 124 Å². The summed E-state index contributed by atoms with van der Waals surface area (Å²) in [5, 5.41) is 9.68. The molecule has 0 atom stereocenters. The number of pyridine rings is 1. The summed E-state index contributed by atoms with van der Waals surface area (Å²) < 4.78 is 5.28. The number of amidine groups is 1. The first-order chi connectivity index (χ1) is 10.2. The molecule has 3 rings (SSSR count). The number of anilines is 1. The number of methoxy groups -OCH3 is 1. The molecule has 1 aliphatic rings. The maximum absolute atomic E-state index is 7.44. The van der Waals surface area contributed by atoms with Gasteiger partial charge >= 0.3 is 0 Å². The smallest absolute Gasteiger partial charge is 0.136 e. The molecule has 1 heterocycles. The van der Waals surface area contributed by atoms with Gasteiger partial charge in [0.05, 0.1) is 12.9 Å². The van der Waals surface area contributed by atoms with E-state index in [9.17, 15) is 0 Å². The van der Waals surface area contributed by atoms with Gasteiger partial charge in [-0.25, -0.2) is 4.98 Å². The highest BCUT2D eigenvalue weighted by Gasteiger charge is 2.30. The van der Waals surface area contributed by atoms with Gasteiger partial charge in [0.2, 0.25) is 0 Å². The minimum Gasteiger partial charge on any atom is -0.497 e. The molecule has 1 aromatic carbocycles. The van der Waals surface area contributed by atoms with E-state index in [0.29, 0.717) is 12.5 Å². The molecule has 1 aromatic heterocycles. The molecule has 1 fully saturated rings. The summed E-state index contributed by atoms with van der Waals surface area (Å²) in [6.07, 6.45) is 4.78. The lowest BCUT2D eigenvalue weighted by molar-refractivity contribution is 0.415. The summed E-state index contributed by atoms with van der Waals surface area (Å²) in [5.41, 5.74) is 5.51. The van der Waals surface area contributed by atoms with Crippen molar-refractivity contribution in [3.05, 3.63) is 30.5 Å². The van der Waals surface area contributed by atoms with Crippen molar-refractivity contribution < 1.29 is 4.74 Å². The third-order valence-electron chi connectivity index (χ3n) is 3.83. The Kier molecular flexibility index (Phi) is 3.64. The largest absolute Gasteiger partial charge is 0.497 e. The van der Waals surface area contributed by atoms with E-state index in [1.54, 1.807) is 7.11 Å². The van der Waals surface area contributed by atoms with Crippen LogP contribution in [0.3, 0.4) is 0 Å². The number of hydrogen-bond donors (Lipinski definition) is 2. The highest BCUT2D eigenvalue weighted by atomic mass is 16.5. The average molecular weight is 284 g/mol. The molecular weight excluding hydrogens is 264 g/mol. The Hall–Kier alpha value is -2.30. The number of nitrogens with zero attached hydrogens (tertiary/aromatic N) is 2. The zero-order valence-corrected chi connectivity index (χ0v) is 12.2. The van der Waals surface area contributed by atoms with Gasteiger partial charge in [-0.2, -0.15) is 0 Å². The van der Waals surface area contributed by atoms with Crippen LogP contribution in [-0.4, -0.2) is 30.5 Å². The van der Waals surface area contributed by atoms with E-state index in [-0.39, 0.29) is 5.84 Å². The first kappa shape index (κ1) is 13.7. The van der Waals surface area contributed by atoms with Crippen LogP contribution in [0.1, 0.15) is 19.3 Å². The molecule has 0 spiro atoms. The van der Waals surface area contributed by atoms with Crippen molar-refractivity contribution in [3.63, 3.8) is 0 Å². The number of hydrogen-bond acceptors (Lipinski definition) is 4. The molecule has 1 aliphatic carbocycles. The van der Waals surface area contributed by atoms with Gasteiger partial charge in [-0.3, -0.25) is 5.41 Å². The molecule has 3 N–H and O–H groups in total. The second-order valence-corrected chi connectivity index (χ2v) is 5.42. The Bertz CT molecular complexity index is 666. The third kappa shape index (κ3) is 2.91. The van der Waals surface area contributed by atoms with E-state index in [2.05, 4.69) is 16.0 Å². The van der Waals surface area contributed by atoms with Crippen molar-refractivity contribution >= 4 is 22.4 Å². The van der Waals surface area contributed by atoms with Crippen LogP contribution in [0.4, 0.5) is 5.82 Å². The number of ether oxygens (including phenoxy) is 1. The summed E-state index contributed by atoms with van der Waals surface area (Å²) in [5.74, 6) is 2.06. The molecule has 21 heavy (non-hydrogen) atoms. The molecule has 0 bridgehead atoms. The topological polar surface area (TPSA) is 75.2 Å². The second-order valence-electron chi connectivity index (χ2n) is 5.42. The van der Waals surface area contributed by atoms with Crippen molar-refractivity contribution in [1.82, 2.24) is 4.98 Å². The Morgan fingerprint density at radius 2 is 2.24 bits per heavy atom. The molecule has 5 nitrogen and oxygen atoms in total. The molecular formula is C16H20N4O. The first-order valence-electron chi connectivity index (χ1n) is 7.21. The number of nitrogens with one attached hydrogen (secondary N) is 1. The van der Waals surface area contributed by atoms with E-state index in [1.807, 2.05) is 24.4 Å². The number of benzene rings is 1. The molecule has 0 unspecified atom stereocenters. The number of nitrogens with two attached hydrogens (primary N) is 1. The predicted molar refractivity (Wildman–Crippen MR) is 85.2 cm³/mol. The molecule has 0 saturated heterocycles. The van der Waals surface area contributed by atoms with E-state index in [4.69, 9.17) is 15.9 Å². The number of rotatable bonds is 6. The third-order valence-corrected chi connectivity index (χ3v) is 3.83. The van der Waals surface area contributed by atoms with E-state index in [1.165, 1.54) is 12.8 Å². The van der Waals surface area contributed by atoms with Gasteiger partial charge < -0.3 is 15.4 Å². The van der Waals surface area contributed by atoms with Gasteiger partial charge in [0, 0.05) is 30.6 Å². The molecule has 2 aromatic rings. The minimum absolute atomic E-state index is 0.225. The van der Waals surface area contributed by atoms with Crippen molar-refractivity contribution in [2.75, 3.05) is 18.6 Å². The van der Waals surface area contributed by atoms with E-state index < -0.39 is 0 Å². The molecule has 0 amide bonds. The highest BCUT2D eigenvalue weighted by Crippen LogP contribution is 2.35. The van der Waals surface area contributed by atoms with Crippen LogP contribution < -0.4 is 15.4 Å². The fourth-order valence-electron chi connectivity index (χ4n) is 2.58. The van der Waals surface area contributed by atoms with Crippen molar-refractivity contribution in [2.45, 2.75) is 25.3 Å². The monoisotopic (exact) mass is 284 g/mol. The zero-order valence-electron chi connectivity index (χ0n) is 12.2. The van der Waals surface area contributed by atoms with Gasteiger partial charge in [0.25, 0.3) is 0 Å². The Morgan fingerprint density at radius 1 is 1.43 bits per heavy atom.